The Morgan fingerprint density at radius 2 is 2.31 bits per heavy atom. The summed E-state index contributed by atoms with van der Waals surface area (Å²) < 4.78 is 22.2. The molecule has 0 unspecified atom stereocenters. The van der Waals surface area contributed by atoms with Crippen LogP contribution in [0.1, 0.15) is 6.92 Å². The van der Waals surface area contributed by atoms with Gasteiger partial charge in [-0.1, -0.05) is 0 Å². The number of ether oxygens (including phenoxy) is 2. The summed E-state index contributed by atoms with van der Waals surface area (Å²) in [5.41, 5.74) is 0. The van der Waals surface area contributed by atoms with E-state index in [1.165, 1.54) is 6.07 Å². The molecule has 3 nitrogen and oxygen atoms in total. The van der Waals surface area contributed by atoms with E-state index in [4.69, 9.17) is 16.3 Å². The van der Waals surface area contributed by atoms with Crippen molar-refractivity contribution >= 4 is 17.6 Å². The van der Waals surface area contributed by atoms with Gasteiger partial charge in [0.15, 0.2) is 6.61 Å². The van der Waals surface area contributed by atoms with Crippen LogP contribution in [-0.4, -0.2) is 19.2 Å². The second kappa shape index (κ2) is 8.44. The van der Waals surface area contributed by atoms with Gasteiger partial charge in [0.05, 0.1) is 6.61 Å². The first-order chi connectivity index (χ1) is 7.13. The van der Waals surface area contributed by atoms with Gasteiger partial charge in [-0.25, -0.2) is 9.18 Å². The van der Waals surface area contributed by atoms with Gasteiger partial charge < -0.3 is 9.47 Å². The third kappa shape index (κ3) is 5.61. The average molecular weight is 271 g/mol. The molecule has 0 N–H and O–H groups in total. The van der Waals surface area contributed by atoms with Crippen molar-refractivity contribution in [3.63, 3.8) is 0 Å². The van der Waals surface area contributed by atoms with Crippen LogP contribution in [-0.2, 0) is 9.53 Å². The molecule has 0 atom stereocenters. The minimum atomic E-state index is -0.580. The van der Waals surface area contributed by atoms with Gasteiger partial charge in [-0.3, -0.25) is 0 Å². The Labute approximate surface area is 141 Å². The molecule has 0 aromatic heterocycles. The van der Waals surface area contributed by atoms with Crippen molar-refractivity contribution in [1.29, 1.82) is 0 Å². The number of rotatable bonds is 4. The molecule has 0 heterocycles. The molecule has 0 aliphatic rings. The largest absolute Gasteiger partial charge is 1.00 e. The normalized spacial score (nSPS) is 9.19. The van der Waals surface area contributed by atoms with E-state index in [9.17, 15) is 9.18 Å². The molecule has 0 spiro atoms. The van der Waals surface area contributed by atoms with Crippen LogP contribution in [0.5, 0.6) is 5.75 Å². The minimum Gasteiger partial charge on any atom is -0.538 e. The number of halogens is 2. The van der Waals surface area contributed by atoms with E-state index in [1.807, 2.05) is 0 Å². The predicted octanol–water partition coefficient (Wildman–Crippen LogP) is -0.775. The molecule has 1 rings (SSSR count). The Kier molecular flexibility index (Phi) is 8.62. The van der Waals surface area contributed by atoms with E-state index in [1.54, 1.807) is 6.92 Å². The third-order valence-corrected chi connectivity index (χ3v) is 1.78. The monoisotopic (exact) mass is 270 g/mol. The molecule has 16 heavy (non-hydrogen) atoms. The number of hydrogen-bond donors (Lipinski definition) is 0. The molecule has 0 saturated carbocycles. The maximum absolute atomic E-state index is 12.6. The van der Waals surface area contributed by atoms with Crippen LogP contribution in [0, 0.1) is 11.9 Å². The number of carbonyl (C=O) groups is 1. The molecule has 0 radical (unpaired) electrons. The van der Waals surface area contributed by atoms with Crippen LogP contribution >= 0.6 is 11.6 Å². The van der Waals surface area contributed by atoms with Gasteiger partial charge in [0.2, 0.25) is 0 Å². The molecular weight excluding hydrogens is 262 g/mol. The van der Waals surface area contributed by atoms with E-state index in [-0.39, 0.29) is 75.4 Å². The van der Waals surface area contributed by atoms with E-state index >= 15 is 0 Å². The zero-order valence-corrected chi connectivity index (χ0v) is 12.9. The summed E-state index contributed by atoms with van der Waals surface area (Å²) in [5.74, 6) is -0.882. The number of carbonyl (C=O) groups excluding carboxylic acids is 1. The molecular formula is C10H9ClFKO3. The van der Waals surface area contributed by atoms with E-state index in [2.05, 4.69) is 10.8 Å². The van der Waals surface area contributed by atoms with E-state index < -0.39 is 11.8 Å². The van der Waals surface area contributed by atoms with Crippen molar-refractivity contribution in [1.82, 2.24) is 0 Å². The number of hydrogen-bond acceptors (Lipinski definition) is 3. The molecule has 82 valence electrons. The van der Waals surface area contributed by atoms with Crippen LogP contribution < -0.4 is 56.1 Å². The minimum absolute atomic E-state index is 0. The predicted molar refractivity (Wildman–Crippen MR) is 52.4 cm³/mol. The van der Waals surface area contributed by atoms with Crippen LogP contribution in [0.25, 0.3) is 0 Å². The van der Waals surface area contributed by atoms with Gasteiger partial charge in [-0.15, -0.1) is 29.8 Å². The zero-order chi connectivity index (χ0) is 11.3. The summed E-state index contributed by atoms with van der Waals surface area (Å²) in [6.45, 7) is 1.72. The van der Waals surface area contributed by atoms with Crippen molar-refractivity contribution in [3.05, 3.63) is 29.0 Å². The Morgan fingerprint density at radius 3 is 2.88 bits per heavy atom. The number of esters is 1. The first-order valence-electron chi connectivity index (χ1n) is 4.28. The molecule has 1 aromatic rings. The summed E-state index contributed by atoms with van der Waals surface area (Å²) in [6, 6.07) is 4.56. The zero-order valence-electron chi connectivity index (χ0n) is 9.05. The Morgan fingerprint density at radius 1 is 1.62 bits per heavy atom. The van der Waals surface area contributed by atoms with Gasteiger partial charge in [-0.2, -0.15) is 0 Å². The van der Waals surface area contributed by atoms with E-state index in [0.29, 0.717) is 0 Å². The molecule has 0 saturated heterocycles. The molecule has 0 amide bonds. The standard InChI is InChI=1S/C10H9ClFO3.K/c1-2-14-10(13)6-15-9-4-3-7(12)5-8(9)11;/h4-5H,2,6H2,1H3;/q-1;+1. The summed E-state index contributed by atoms with van der Waals surface area (Å²) in [6.07, 6.45) is 0. The van der Waals surface area contributed by atoms with Crippen LogP contribution in [0.4, 0.5) is 4.39 Å². The van der Waals surface area contributed by atoms with E-state index in [0.717, 1.165) is 6.07 Å². The fourth-order valence-electron chi connectivity index (χ4n) is 0.877. The Balaban J connectivity index is 0.00000225. The fourth-order valence-corrected chi connectivity index (χ4v) is 1.08. The van der Waals surface area contributed by atoms with Gasteiger partial charge in [0.25, 0.3) is 0 Å². The molecule has 1 aromatic carbocycles. The second-order valence-corrected chi connectivity index (χ2v) is 2.99. The summed E-state index contributed by atoms with van der Waals surface area (Å²) >= 11 is 5.65. The fraction of sp³-hybridized carbons (Fsp3) is 0.300. The van der Waals surface area contributed by atoms with Crippen molar-refractivity contribution < 1.29 is 70.0 Å². The third-order valence-electron chi connectivity index (χ3n) is 1.48. The van der Waals surface area contributed by atoms with Gasteiger partial charge in [-0.05, 0) is 11.9 Å². The SMILES string of the molecule is CCOC(=O)COc1c[c-]c(F)cc1Cl.[K+]. The number of benzene rings is 1. The van der Waals surface area contributed by atoms with Crippen molar-refractivity contribution in [2.24, 2.45) is 0 Å². The van der Waals surface area contributed by atoms with Crippen molar-refractivity contribution in [3.8, 4) is 5.75 Å². The summed E-state index contributed by atoms with van der Waals surface area (Å²) in [5, 5.41) is 0.0931. The average Bonchev–Trinajstić information content (AvgIpc) is 2.17. The summed E-state index contributed by atoms with van der Waals surface area (Å²) in [4.78, 5) is 10.9. The maximum Gasteiger partial charge on any atom is 1.00 e. The van der Waals surface area contributed by atoms with Crippen LogP contribution in [0.3, 0.4) is 0 Å². The molecule has 6 heteroatoms. The maximum atomic E-state index is 12.6. The molecule has 0 aliphatic heterocycles. The van der Waals surface area contributed by atoms with Crippen molar-refractivity contribution in [2.45, 2.75) is 6.92 Å². The second-order valence-electron chi connectivity index (χ2n) is 2.59. The van der Waals surface area contributed by atoms with Gasteiger partial charge in [0, 0.05) is 11.6 Å². The topological polar surface area (TPSA) is 35.5 Å². The first-order valence-corrected chi connectivity index (χ1v) is 4.66. The van der Waals surface area contributed by atoms with Crippen molar-refractivity contribution in [2.75, 3.05) is 13.2 Å². The first kappa shape index (κ1) is 16.3. The Hall–Kier alpha value is 0.346. The van der Waals surface area contributed by atoms with Gasteiger partial charge in [0.1, 0.15) is 0 Å². The Bertz CT molecular complexity index is 360. The van der Waals surface area contributed by atoms with Gasteiger partial charge >= 0.3 is 57.4 Å². The van der Waals surface area contributed by atoms with Crippen LogP contribution in [0.2, 0.25) is 5.02 Å². The molecule has 0 aliphatic carbocycles. The molecule has 0 bridgehead atoms. The smallest absolute Gasteiger partial charge is 0.538 e. The molecule has 0 fully saturated rings. The summed E-state index contributed by atoms with van der Waals surface area (Å²) in [7, 11) is 0. The quantitative estimate of drug-likeness (QED) is 0.409. The van der Waals surface area contributed by atoms with Crippen LogP contribution in [0.15, 0.2) is 12.1 Å².